The average Bonchev–Trinajstić information content (AvgIpc) is 1.78. The summed E-state index contributed by atoms with van der Waals surface area (Å²) in [7, 11) is -3.19. The van der Waals surface area contributed by atoms with Crippen LogP contribution in [0.1, 0.15) is 6.92 Å². The topological polar surface area (TPSA) is 61.7 Å². The monoisotopic (exact) mass is 187 g/mol. The van der Waals surface area contributed by atoms with Gasteiger partial charge in [0.15, 0.2) is 0 Å². The molecule has 0 aliphatic carbocycles. The minimum absolute atomic E-state index is 0. The molecule has 0 bridgehead atoms. The first-order valence-corrected chi connectivity index (χ1v) is 5.23. The minimum Gasteiger partial charge on any atom is -0.799 e. The van der Waals surface area contributed by atoms with E-state index in [2.05, 4.69) is 9.99 Å². The van der Waals surface area contributed by atoms with Crippen LogP contribution >= 0.6 is 7.37 Å². The van der Waals surface area contributed by atoms with E-state index >= 15 is 0 Å². The van der Waals surface area contributed by atoms with Gasteiger partial charge in [0, 0.05) is 19.7 Å². The first-order valence-electron chi connectivity index (χ1n) is 2.97. The molecule has 0 saturated carbocycles. The predicted molar refractivity (Wildman–Crippen MR) is 38.5 cm³/mol. The van der Waals surface area contributed by atoms with Crippen molar-refractivity contribution in [2.75, 3.05) is 19.4 Å². The molecule has 0 amide bonds. The SMILES string of the molecule is CCON=CCP(C)(=O)[O-].[Na+]. The number of rotatable bonds is 4. The molecular weight excluding hydrogens is 176 g/mol. The van der Waals surface area contributed by atoms with Crippen LogP contribution in [0.3, 0.4) is 0 Å². The Kier molecular flexibility index (Phi) is 9.44. The summed E-state index contributed by atoms with van der Waals surface area (Å²) in [4.78, 5) is 15.0. The Morgan fingerprint density at radius 1 is 1.73 bits per heavy atom. The van der Waals surface area contributed by atoms with Gasteiger partial charge in [-0.3, -0.25) is 0 Å². The zero-order chi connectivity index (χ0) is 8.04. The van der Waals surface area contributed by atoms with Gasteiger partial charge in [0.25, 0.3) is 0 Å². The molecule has 11 heavy (non-hydrogen) atoms. The van der Waals surface area contributed by atoms with Crippen molar-refractivity contribution in [1.29, 1.82) is 0 Å². The van der Waals surface area contributed by atoms with Crippen molar-refractivity contribution in [2.45, 2.75) is 6.92 Å². The number of nitrogens with zero attached hydrogens (tertiary/aromatic N) is 1. The molecule has 0 aliphatic rings. The summed E-state index contributed by atoms with van der Waals surface area (Å²) in [5.41, 5.74) is 0. The molecule has 0 N–H and O–H groups in total. The zero-order valence-electron chi connectivity index (χ0n) is 7.11. The smallest absolute Gasteiger partial charge is 0.799 e. The van der Waals surface area contributed by atoms with Gasteiger partial charge in [0.1, 0.15) is 6.61 Å². The first-order chi connectivity index (χ1) is 4.56. The van der Waals surface area contributed by atoms with E-state index in [0.717, 1.165) is 0 Å². The molecule has 0 aromatic carbocycles. The van der Waals surface area contributed by atoms with E-state index in [1.54, 1.807) is 6.92 Å². The molecular formula is C5H11NNaO3P. The normalized spacial score (nSPS) is 15.5. The summed E-state index contributed by atoms with van der Waals surface area (Å²) in [6.45, 7) is 3.41. The molecule has 0 saturated heterocycles. The molecule has 1 atom stereocenters. The van der Waals surface area contributed by atoms with Crippen LogP contribution in [0.15, 0.2) is 5.16 Å². The van der Waals surface area contributed by atoms with E-state index in [1.165, 1.54) is 12.9 Å². The van der Waals surface area contributed by atoms with Crippen LogP contribution in [0.2, 0.25) is 0 Å². The quantitative estimate of drug-likeness (QED) is 0.208. The van der Waals surface area contributed by atoms with E-state index in [9.17, 15) is 9.46 Å². The molecule has 0 aromatic heterocycles. The van der Waals surface area contributed by atoms with Crippen LogP contribution in [0.4, 0.5) is 0 Å². The summed E-state index contributed by atoms with van der Waals surface area (Å²) in [6.07, 6.45) is 1.21. The third kappa shape index (κ3) is 13.6. The Morgan fingerprint density at radius 3 is 2.64 bits per heavy atom. The molecule has 0 radical (unpaired) electrons. The van der Waals surface area contributed by atoms with Crippen molar-refractivity contribution in [3.8, 4) is 0 Å². The van der Waals surface area contributed by atoms with Gasteiger partial charge in [-0.1, -0.05) is 5.16 Å². The molecule has 0 spiro atoms. The summed E-state index contributed by atoms with van der Waals surface area (Å²) in [5, 5.41) is 3.38. The Hall–Kier alpha value is 0.660. The fraction of sp³-hybridized carbons (Fsp3) is 0.800. The Bertz CT molecular complexity index is 156. The van der Waals surface area contributed by atoms with Crippen LogP contribution in [-0.2, 0) is 9.40 Å². The molecule has 0 aliphatic heterocycles. The fourth-order valence-corrected chi connectivity index (χ4v) is 0.672. The van der Waals surface area contributed by atoms with E-state index in [0.29, 0.717) is 6.61 Å². The zero-order valence-corrected chi connectivity index (χ0v) is 10.0. The summed E-state index contributed by atoms with van der Waals surface area (Å²) in [6, 6.07) is 0. The Labute approximate surface area is 88.7 Å². The average molecular weight is 187 g/mol. The maximum absolute atomic E-state index is 10.5. The molecule has 0 fully saturated rings. The van der Waals surface area contributed by atoms with Gasteiger partial charge in [-0.15, -0.1) is 0 Å². The number of hydrogen-bond acceptors (Lipinski definition) is 4. The van der Waals surface area contributed by atoms with Crippen molar-refractivity contribution in [3.05, 3.63) is 0 Å². The first kappa shape index (κ1) is 14.2. The third-order valence-corrected chi connectivity index (χ3v) is 1.52. The van der Waals surface area contributed by atoms with Crippen LogP contribution in [0.5, 0.6) is 0 Å². The summed E-state index contributed by atoms with van der Waals surface area (Å²) < 4.78 is 10.5. The van der Waals surface area contributed by atoms with Crippen LogP contribution in [0, 0.1) is 0 Å². The molecule has 0 heterocycles. The van der Waals surface area contributed by atoms with Gasteiger partial charge >= 0.3 is 29.6 Å². The van der Waals surface area contributed by atoms with Gasteiger partial charge in [-0.05, 0) is 13.6 Å². The summed E-state index contributed by atoms with van der Waals surface area (Å²) in [5.74, 6) is 0. The van der Waals surface area contributed by atoms with E-state index in [-0.39, 0.29) is 35.7 Å². The van der Waals surface area contributed by atoms with Crippen molar-refractivity contribution < 1.29 is 43.9 Å². The van der Waals surface area contributed by atoms with Gasteiger partial charge in [-0.25, -0.2) is 0 Å². The van der Waals surface area contributed by atoms with Crippen molar-refractivity contribution in [1.82, 2.24) is 0 Å². The second kappa shape index (κ2) is 7.32. The third-order valence-electron chi connectivity index (χ3n) is 0.691. The second-order valence-corrected chi connectivity index (χ2v) is 4.30. The maximum Gasteiger partial charge on any atom is 1.00 e. The van der Waals surface area contributed by atoms with Crippen molar-refractivity contribution in [3.63, 3.8) is 0 Å². The molecule has 60 valence electrons. The predicted octanol–water partition coefficient (Wildman–Crippen LogP) is -2.72. The van der Waals surface area contributed by atoms with Crippen molar-refractivity contribution in [2.24, 2.45) is 5.16 Å². The number of oxime groups is 1. The van der Waals surface area contributed by atoms with Crippen molar-refractivity contribution >= 4 is 13.6 Å². The van der Waals surface area contributed by atoms with Crippen LogP contribution in [-0.4, -0.2) is 25.6 Å². The second-order valence-electron chi connectivity index (χ2n) is 1.90. The Morgan fingerprint density at radius 2 is 2.27 bits per heavy atom. The van der Waals surface area contributed by atoms with Crippen LogP contribution in [0.25, 0.3) is 0 Å². The van der Waals surface area contributed by atoms with E-state index in [4.69, 9.17) is 0 Å². The molecule has 0 aromatic rings. The van der Waals surface area contributed by atoms with E-state index in [1.807, 2.05) is 0 Å². The fourth-order valence-electron chi connectivity index (χ4n) is 0.309. The van der Waals surface area contributed by atoms with Gasteiger partial charge in [0.2, 0.25) is 0 Å². The standard InChI is InChI=1S/C5H12NO3P.Na/c1-3-9-6-4-5-10(2,7)8;/h4H,3,5H2,1-2H3,(H,7,8);/q;+1/p-1. The molecule has 0 rings (SSSR count). The molecule has 4 nitrogen and oxygen atoms in total. The van der Waals surface area contributed by atoms with E-state index < -0.39 is 7.37 Å². The van der Waals surface area contributed by atoms with Crippen LogP contribution < -0.4 is 34.5 Å². The molecule has 1 unspecified atom stereocenters. The minimum atomic E-state index is -3.19. The van der Waals surface area contributed by atoms with Gasteiger partial charge in [0.05, 0.1) is 0 Å². The number of hydrogen-bond donors (Lipinski definition) is 0. The maximum atomic E-state index is 10.5. The Balaban J connectivity index is 0. The largest absolute Gasteiger partial charge is 1.00 e. The van der Waals surface area contributed by atoms with Gasteiger partial charge in [-0.2, -0.15) is 0 Å². The van der Waals surface area contributed by atoms with Gasteiger partial charge < -0.3 is 14.3 Å². The molecule has 6 heteroatoms. The summed E-state index contributed by atoms with van der Waals surface area (Å²) >= 11 is 0.